The molecule has 21 heavy (non-hydrogen) atoms. The van der Waals surface area contributed by atoms with E-state index in [1.807, 2.05) is 0 Å². The monoisotopic (exact) mass is 331 g/mol. The second-order valence-electron chi connectivity index (χ2n) is 4.55. The Kier molecular flexibility index (Phi) is 4.50. The fourth-order valence-corrected chi connectivity index (χ4v) is 3.40. The Morgan fingerprint density at radius 3 is 2.90 bits per heavy atom. The molecule has 0 bridgehead atoms. The number of nitrogens with one attached hydrogen (secondary N) is 1. The molecule has 0 aliphatic carbocycles. The lowest BCUT2D eigenvalue weighted by molar-refractivity contribution is -0.112. The molecule has 0 spiro atoms. The normalized spacial score (nSPS) is 18.2. The van der Waals surface area contributed by atoms with Crippen LogP contribution in [0.3, 0.4) is 0 Å². The maximum atomic E-state index is 12.2. The number of sulfonamides is 1. The summed E-state index contributed by atoms with van der Waals surface area (Å²) >= 11 is 5.91. The molecule has 0 saturated carbocycles. The molecule has 114 valence electrons. The predicted octanol–water partition coefficient (Wildman–Crippen LogP) is 0.557. The van der Waals surface area contributed by atoms with Crippen molar-refractivity contribution in [3.8, 4) is 0 Å². The molecular weight excluding hydrogens is 318 g/mol. The van der Waals surface area contributed by atoms with Crippen LogP contribution in [0.5, 0.6) is 0 Å². The summed E-state index contributed by atoms with van der Waals surface area (Å²) in [6.45, 7) is 1.60. The van der Waals surface area contributed by atoms with E-state index >= 15 is 0 Å². The number of hydrogen-bond donors (Lipinski definition) is 2. The van der Waals surface area contributed by atoms with E-state index in [1.165, 1.54) is 6.07 Å². The summed E-state index contributed by atoms with van der Waals surface area (Å²) < 4.78 is 26.9. The van der Waals surface area contributed by atoms with Crippen molar-refractivity contribution in [1.82, 2.24) is 4.72 Å². The molecule has 9 heteroatoms. The SMILES string of the molecule is Cc1c(Cl)cccc1S(=O)(=O)NCC1CC(C(N)=O)=NO1. The average molecular weight is 332 g/mol. The molecule has 7 nitrogen and oxygen atoms in total. The first-order valence-electron chi connectivity index (χ1n) is 6.08. The summed E-state index contributed by atoms with van der Waals surface area (Å²) in [5, 5.41) is 3.88. The number of primary amides is 1. The minimum absolute atomic E-state index is 0.0193. The summed E-state index contributed by atoms with van der Waals surface area (Å²) in [4.78, 5) is 16.0. The highest BCUT2D eigenvalue weighted by Gasteiger charge is 2.27. The van der Waals surface area contributed by atoms with Crippen LogP contribution in [0, 0.1) is 6.92 Å². The lowest BCUT2D eigenvalue weighted by Crippen LogP contribution is -2.33. The van der Waals surface area contributed by atoms with Crippen molar-refractivity contribution >= 4 is 33.2 Å². The smallest absolute Gasteiger partial charge is 0.266 e. The molecule has 0 fully saturated rings. The van der Waals surface area contributed by atoms with Gasteiger partial charge in [0.15, 0.2) is 0 Å². The number of carbonyl (C=O) groups is 1. The standard InChI is InChI=1S/C12H14ClN3O4S/c1-7-9(13)3-2-4-11(7)21(18,19)15-6-8-5-10(12(14)17)16-20-8/h2-4,8,15H,5-6H2,1H3,(H2,14,17). The van der Waals surface area contributed by atoms with Crippen LogP contribution in [-0.2, 0) is 19.7 Å². The van der Waals surface area contributed by atoms with Crippen molar-refractivity contribution in [2.24, 2.45) is 10.9 Å². The minimum Gasteiger partial charge on any atom is -0.390 e. The largest absolute Gasteiger partial charge is 0.390 e. The van der Waals surface area contributed by atoms with Gasteiger partial charge in [-0.25, -0.2) is 13.1 Å². The molecule has 1 aromatic rings. The van der Waals surface area contributed by atoms with E-state index in [0.717, 1.165) is 0 Å². The van der Waals surface area contributed by atoms with Gasteiger partial charge in [0.2, 0.25) is 10.0 Å². The minimum atomic E-state index is -3.72. The quantitative estimate of drug-likeness (QED) is 0.821. The molecule has 2 rings (SSSR count). The van der Waals surface area contributed by atoms with Gasteiger partial charge in [0.25, 0.3) is 5.91 Å². The zero-order valence-corrected chi connectivity index (χ0v) is 12.7. The second-order valence-corrected chi connectivity index (χ2v) is 6.69. The molecule has 1 aromatic carbocycles. The Bertz CT molecular complexity index is 702. The van der Waals surface area contributed by atoms with Gasteiger partial charge in [0, 0.05) is 11.4 Å². The Balaban J connectivity index is 2.03. The van der Waals surface area contributed by atoms with Gasteiger partial charge in [-0.1, -0.05) is 22.8 Å². The van der Waals surface area contributed by atoms with Gasteiger partial charge in [-0.05, 0) is 24.6 Å². The summed E-state index contributed by atoms with van der Waals surface area (Å²) in [6.07, 6.45) is -0.381. The summed E-state index contributed by atoms with van der Waals surface area (Å²) in [6, 6.07) is 4.64. The average Bonchev–Trinajstić information content (AvgIpc) is 2.88. The van der Waals surface area contributed by atoms with Gasteiger partial charge in [0.1, 0.15) is 11.8 Å². The van der Waals surface area contributed by atoms with Crippen LogP contribution in [0.4, 0.5) is 0 Å². The van der Waals surface area contributed by atoms with Gasteiger partial charge in [-0.2, -0.15) is 0 Å². The van der Waals surface area contributed by atoms with E-state index in [1.54, 1.807) is 19.1 Å². The lowest BCUT2D eigenvalue weighted by Gasteiger charge is -2.12. The Morgan fingerprint density at radius 2 is 2.29 bits per heavy atom. The number of carbonyl (C=O) groups excluding carboxylic acids is 1. The fourth-order valence-electron chi connectivity index (χ4n) is 1.84. The molecule has 1 aliphatic rings. The molecule has 0 aromatic heterocycles. The van der Waals surface area contributed by atoms with Crippen LogP contribution < -0.4 is 10.5 Å². The molecule has 1 unspecified atom stereocenters. The third-order valence-electron chi connectivity index (χ3n) is 3.03. The third-order valence-corrected chi connectivity index (χ3v) is 5.00. The first kappa shape index (κ1) is 15.7. The molecule has 1 amide bonds. The van der Waals surface area contributed by atoms with E-state index in [9.17, 15) is 13.2 Å². The van der Waals surface area contributed by atoms with E-state index in [0.29, 0.717) is 10.6 Å². The number of oxime groups is 1. The highest BCUT2D eigenvalue weighted by Crippen LogP contribution is 2.22. The van der Waals surface area contributed by atoms with Crippen molar-refractivity contribution in [1.29, 1.82) is 0 Å². The van der Waals surface area contributed by atoms with E-state index in [2.05, 4.69) is 9.88 Å². The van der Waals surface area contributed by atoms with Crippen LogP contribution in [0.1, 0.15) is 12.0 Å². The summed E-state index contributed by atoms with van der Waals surface area (Å²) in [7, 11) is -3.72. The van der Waals surface area contributed by atoms with E-state index in [-0.39, 0.29) is 23.6 Å². The van der Waals surface area contributed by atoms with Gasteiger partial charge in [-0.3, -0.25) is 4.79 Å². The number of rotatable bonds is 5. The summed E-state index contributed by atoms with van der Waals surface area (Å²) in [5.41, 5.74) is 5.63. The molecule has 1 aliphatic heterocycles. The highest BCUT2D eigenvalue weighted by atomic mass is 35.5. The second kappa shape index (κ2) is 6.00. The molecular formula is C12H14ClN3O4S. The third kappa shape index (κ3) is 3.52. The maximum Gasteiger partial charge on any atom is 0.266 e. The van der Waals surface area contributed by atoms with Crippen molar-refractivity contribution in [3.63, 3.8) is 0 Å². The van der Waals surface area contributed by atoms with Crippen LogP contribution in [0.25, 0.3) is 0 Å². The van der Waals surface area contributed by atoms with Crippen molar-refractivity contribution in [3.05, 3.63) is 28.8 Å². The van der Waals surface area contributed by atoms with E-state index < -0.39 is 22.0 Å². The highest BCUT2D eigenvalue weighted by molar-refractivity contribution is 7.89. The van der Waals surface area contributed by atoms with Crippen LogP contribution in [0.15, 0.2) is 28.3 Å². The van der Waals surface area contributed by atoms with Crippen LogP contribution in [0.2, 0.25) is 5.02 Å². The lowest BCUT2D eigenvalue weighted by atomic mass is 10.2. The van der Waals surface area contributed by atoms with Crippen LogP contribution >= 0.6 is 11.6 Å². The molecule has 0 saturated heterocycles. The van der Waals surface area contributed by atoms with Gasteiger partial charge < -0.3 is 10.6 Å². The topological polar surface area (TPSA) is 111 Å². The fraction of sp³-hybridized carbons (Fsp3) is 0.333. The van der Waals surface area contributed by atoms with Crippen molar-refractivity contribution in [2.75, 3.05) is 6.54 Å². The number of amides is 1. The number of halogens is 1. The van der Waals surface area contributed by atoms with E-state index in [4.69, 9.17) is 22.2 Å². The predicted molar refractivity (Wildman–Crippen MR) is 77.5 cm³/mol. The van der Waals surface area contributed by atoms with Gasteiger partial charge in [0.05, 0.1) is 11.4 Å². The van der Waals surface area contributed by atoms with Crippen LogP contribution in [-0.4, -0.2) is 32.7 Å². The van der Waals surface area contributed by atoms with Crippen molar-refractivity contribution in [2.45, 2.75) is 24.3 Å². The first-order valence-corrected chi connectivity index (χ1v) is 7.94. The molecule has 0 radical (unpaired) electrons. The van der Waals surface area contributed by atoms with Gasteiger partial charge >= 0.3 is 0 Å². The first-order chi connectivity index (χ1) is 9.81. The summed E-state index contributed by atoms with van der Waals surface area (Å²) in [5.74, 6) is -0.675. The Labute approximate surface area is 127 Å². The van der Waals surface area contributed by atoms with Gasteiger partial charge in [-0.15, -0.1) is 0 Å². The van der Waals surface area contributed by atoms with Crippen molar-refractivity contribution < 1.29 is 18.0 Å². The number of benzene rings is 1. The molecule has 1 heterocycles. The Hall–Kier alpha value is -1.64. The zero-order chi connectivity index (χ0) is 15.6. The molecule has 3 N–H and O–H groups in total. The Morgan fingerprint density at radius 1 is 1.57 bits per heavy atom. The number of hydrogen-bond acceptors (Lipinski definition) is 5. The number of nitrogens with two attached hydrogens (primary N) is 1. The zero-order valence-electron chi connectivity index (χ0n) is 11.2. The molecule has 1 atom stereocenters. The number of nitrogens with zero attached hydrogens (tertiary/aromatic N) is 1. The maximum absolute atomic E-state index is 12.2.